The second-order valence-electron chi connectivity index (χ2n) is 5.02. The van der Waals surface area contributed by atoms with Crippen molar-refractivity contribution in [3.05, 3.63) is 63.9 Å². The van der Waals surface area contributed by atoms with Crippen LogP contribution in [0.1, 0.15) is 11.1 Å². The Morgan fingerprint density at radius 1 is 0.962 bits per heavy atom. The maximum atomic E-state index is 9.78. The first-order valence-electron chi connectivity index (χ1n) is 7.23. The first kappa shape index (κ1) is 17.7. The number of phenols is 2. The van der Waals surface area contributed by atoms with E-state index in [1.807, 2.05) is 0 Å². The fraction of sp³-hybridized carbons (Fsp3) is 0. The molecule has 0 fully saturated rings. The summed E-state index contributed by atoms with van der Waals surface area (Å²) in [4.78, 5) is 0. The molecule has 0 atom stereocenters. The number of nitrogens with zero attached hydrogens (tertiary/aromatic N) is 5. The fourth-order valence-electron chi connectivity index (χ4n) is 1.93. The standard InChI is InChI=1S/C16H12Cl2N6O2/c17-12-1-3-14(25)10(5-12)7-19-22-16-23-20-9-24(16)21-8-11-6-13(18)2-4-15(11)26/h1-9,25-26H,(H,22,23)/b19-7-,21-8+. The molecule has 3 N–H and O–H groups in total. The Bertz CT molecular complexity index is 987. The summed E-state index contributed by atoms with van der Waals surface area (Å²) in [6, 6.07) is 9.20. The molecular formula is C16H12Cl2N6O2. The molecule has 1 aromatic heterocycles. The van der Waals surface area contributed by atoms with Gasteiger partial charge in [0.2, 0.25) is 0 Å². The number of aromatic nitrogens is 3. The minimum absolute atomic E-state index is 0.0372. The molecule has 8 nitrogen and oxygen atoms in total. The van der Waals surface area contributed by atoms with Crippen molar-refractivity contribution >= 4 is 41.6 Å². The van der Waals surface area contributed by atoms with Crippen LogP contribution >= 0.6 is 23.2 Å². The third-order valence-corrected chi connectivity index (χ3v) is 3.67. The van der Waals surface area contributed by atoms with Crippen molar-refractivity contribution < 1.29 is 10.2 Å². The first-order chi connectivity index (χ1) is 12.5. The van der Waals surface area contributed by atoms with Gasteiger partial charge < -0.3 is 10.2 Å². The van der Waals surface area contributed by atoms with Gasteiger partial charge in [-0.2, -0.15) is 14.9 Å². The topological polar surface area (TPSA) is 108 Å². The highest BCUT2D eigenvalue weighted by Crippen LogP contribution is 2.20. The largest absolute Gasteiger partial charge is 0.507 e. The molecule has 0 saturated heterocycles. The van der Waals surface area contributed by atoms with E-state index in [4.69, 9.17) is 23.2 Å². The number of benzene rings is 2. The molecule has 2 aromatic carbocycles. The maximum Gasteiger partial charge on any atom is 0.265 e. The summed E-state index contributed by atoms with van der Waals surface area (Å²) in [5, 5.41) is 36.1. The summed E-state index contributed by atoms with van der Waals surface area (Å²) in [6.45, 7) is 0. The number of anilines is 1. The number of aromatic hydroxyl groups is 2. The molecule has 0 aliphatic carbocycles. The molecule has 0 saturated carbocycles. The van der Waals surface area contributed by atoms with Crippen LogP contribution in [0.15, 0.2) is 52.9 Å². The Labute approximate surface area is 158 Å². The number of nitrogens with one attached hydrogen (secondary N) is 1. The summed E-state index contributed by atoms with van der Waals surface area (Å²) in [5.41, 5.74) is 3.52. The normalized spacial score (nSPS) is 11.5. The van der Waals surface area contributed by atoms with Gasteiger partial charge in [0.1, 0.15) is 17.8 Å². The predicted molar refractivity (Wildman–Crippen MR) is 100 cm³/mol. The molecule has 1 heterocycles. The summed E-state index contributed by atoms with van der Waals surface area (Å²) >= 11 is 11.8. The van der Waals surface area contributed by atoms with Crippen molar-refractivity contribution in [2.45, 2.75) is 0 Å². The number of rotatable bonds is 5. The molecule has 0 aliphatic heterocycles. The molecule has 0 unspecified atom stereocenters. The van der Waals surface area contributed by atoms with Crippen molar-refractivity contribution in [2.75, 3.05) is 5.43 Å². The molecule has 0 aliphatic rings. The molecule has 132 valence electrons. The summed E-state index contributed by atoms with van der Waals surface area (Å²) in [7, 11) is 0. The molecule has 0 bridgehead atoms. The van der Waals surface area contributed by atoms with Gasteiger partial charge in [-0.3, -0.25) is 0 Å². The Balaban J connectivity index is 1.74. The maximum absolute atomic E-state index is 9.78. The zero-order chi connectivity index (χ0) is 18.5. The quantitative estimate of drug-likeness (QED) is 0.457. The third-order valence-electron chi connectivity index (χ3n) is 3.20. The summed E-state index contributed by atoms with van der Waals surface area (Å²) < 4.78 is 1.31. The van der Waals surface area contributed by atoms with Crippen molar-refractivity contribution in [2.24, 2.45) is 10.2 Å². The van der Waals surface area contributed by atoms with Crippen LogP contribution in [0.25, 0.3) is 0 Å². The molecule has 3 rings (SSSR count). The van der Waals surface area contributed by atoms with Gasteiger partial charge in [0.15, 0.2) is 0 Å². The average molecular weight is 391 g/mol. The number of hydrazone groups is 1. The van der Waals surface area contributed by atoms with Gasteiger partial charge in [-0.15, -0.1) is 10.2 Å². The second-order valence-corrected chi connectivity index (χ2v) is 5.89. The Hall–Kier alpha value is -3.10. The SMILES string of the molecule is Oc1ccc(Cl)cc1/C=N\Nc1nncn1/N=C/c1cc(Cl)ccc1O. The smallest absolute Gasteiger partial charge is 0.265 e. The zero-order valence-electron chi connectivity index (χ0n) is 13.1. The van der Waals surface area contributed by atoms with Gasteiger partial charge in [0.25, 0.3) is 5.95 Å². The lowest BCUT2D eigenvalue weighted by Gasteiger charge is -2.02. The van der Waals surface area contributed by atoms with Crippen LogP contribution in [0.5, 0.6) is 11.5 Å². The third kappa shape index (κ3) is 4.29. The monoisotopic (exact) mass is 390 g/mol. The van der Waals surface area contributed by atoms with Gasteiger partial charge in [-0.25, -0.2) is 5.43 Å². The van der Waals surface area contributed by atoms with Crippen molar-refractivity contribution in [1.82, 2.24) is 14.9 Å². The Morgan fingerprint density at radius 3 is 2.23 bits per heavy atom. The molecular weight excluding hydrogens is 379 g/mol. The van der Waals surface area contributed by atoms with E-state index in [9.17, 15) is 10.2 Å². The average Bonchev–Trinajstić information content (AvgIpc) is 3.06. The van der Waals surface area contributed by atoms with E-state index in [0.29, 0.717) is 21.2 Å². The van der Waals surface area contributed by atoms with Crippen LogP contribution in [0, 0.1) is 0 Å². The molecule has 26 heavy (non-hydrogen) atoms. The van der Waals surface area contributed by atoms with E-state index in [0.717, 1.165) is 0 Å². The molecule has 0 amide bonds. The van der Waals surface area contributed by atoms with E-state index in [1.54, 1.807) is 24.3 Å². The fourth-order valence-corrected chi connectivity index (χ4v) is 2.29. The van der Waals surface area contributed by atoms with Crippen LogP contribution in [-0.4, -0.2) is 37.5 Å². The summed E-state index contributed by atoms with van der Waals surface area (Å²) in [6.07, 6.45) is 4.14. The van der Waals surface area contributed by atoms with Gasteiger partial charge in [0.05, 0.1) is 12.4 Å². The van der Waals surface area contributed by atoms with Crippen LogP contribution in [-0.2, 0) is 0 Å². The first-order valence-corrected chi connectivity index (χ1v) is 7.99. The highest BCUT2D eigenvalue weighted by molar-refractivity contribution is 6.31. The second kappa shape index (κ2) is 7.85. The van der Waals surface area contributed by atoms with Crippen LogP contribution in [0.3, 0.4) is 0 Å². The highest BCUT2D eigenvalue weighted by Gasteiger charge is 2.03. The van der Waals surface area contributed by atoms with E-state index in [2.05, 4.69) is 25.8 Å². The summed E-state index contributed by atoms with van der Waals surface area (Å²) in [5.74, 6) is 0.298. The lowest BCUT2D eigenvalue weighted by atomic mass is 10.2. The lowest BCUT2D eigenvalue weighted by molar-refractivity contribution is 0.474. The molecule has 10 heteroatoms. The zero-order valence-corrected chi connectivity index (χ0v) is 14.6. The van der Waals surface area contributed by atoms with E-state index < -0.39 is 0 Å². The minimum Gasteiger partial charge on any atom is -0.507 e. The molecule has 0 spiro atoms. The highest BCUT2D eigenvalue weighted by atomic mass is 35.5. The number of hydrogen-bond donors (Lipinski definition) is 3. The Kier molecular flexibility index (Phi) is 5.35. The van der Waals surface area contributed by atoms with Gasteiger partial charge in [-0.1, -0.05) is 23.2 Å². The molecule has 3 aromatic rings. The van der Waals surface area contributed by atoms with Crippen LogP contribution in [0.4, 0.5) is 5.95 Å². The molecule has 0 radical (unpaired) electrons. The van der Waals surface area contributed by atoms with Gasteiger partial charge in [0, 0.05) is 21.2 Å². The van der Waals surface area contributed by atoms with Gasteiger partial charge in [-0.05, 0) is 36.4 Å². The van der Waals surface area contributed by atoms with Crippen molar-refractivity contribution in [1.29, 1.82) is 0 Å². The van der Waals surface area contributed by atoms with E-state index in [-0.39, 0.29) is 17.4 Å². The predicted octanol–water partition coefficient (Wildman–Crippen LogP) is 3.32. The van der Waals surface area contributed by atoms with Crippen LogP contribution < -0.4 is 5.43 Å². The van der Waals surface area contributed by atoms with E-state index >= 15 is 0 Å². The number of hydrogen-bond acceptors (Lipinski definition) is 7. The lowest BCUT2D eigenvalue weighted by Crippen LogP contribution is -1.99. The van der Waals surface area contributed by atoms with Crippen molar-refractivity contribution in [3.63, 3.8) is 0 Å². The van der Waals surface area contributed by atoms with Crippen molar-refractivity contribution in [3.8, 4) is 11.5 Å². The number of halogens is 2. The number of phenolic OH excluding ortho intramolecular Hbond substituents is 2. The van der Waals surface area contributed by atoms with E-state index in [1.165, 1.54) is 35.6 Å². The minimum atomic E-state index is 0.0372. The van der Waals surface area contributed by atoms with Crippen LogP contribution in [0.2, 0.25) is 10.0 Å². The Morgan fingerprint density at radius 2 is 1.58 bits per heavy atom. The van der Waals surface area contributed by atoms with Gasteiger partial charge >= 0.3 is 0 Å².